The first-order valence-electron chi connectivity index (χ1n) is 13.2. The number of benzene rings is 1. The van der Waals surface area contributed by atoms with Crippen molar-refractivity contribution in [1.82, 2.24) is 4.90 Å². The molecule has 2 saturated heterocycles. The fraction of sp³-hybridized carbons (Fsp3) is 0.467. The van der Waals surface area contributed by atoms with Crippen LogP contribution in [0.2, 0.25) is 0 Å². The zero-order valence-corrected chi connectivity index (χ0v) is 22.0. The number of hydrogen-bond acceptors (Lipinski definition) is 6. The number of nitrogens with zero attached hydrogens (tertiary/aromatic N) is 2. The van der Waals surface area contributed by atoms with Gasteiger partial charge in [-0.15, -0.1) is 0 Å². The largest absolute Gasteiger partial charge is 0.463 e. The van der Waals surface area contributed by atoms with Crippen LogP contribution in [0, 0.1) is 29.1 Å². The van der Waals surface area contributed by atoms with Crippen LogP contribution in [0.25, 0.3) is 0 Å². The van der Waals surface area contributed by atoms with E-state index in [0.29, 0.717) is 30.0 Å². The van der Waals surface area contributed by atoms with Crippen LogP contribution in [0.3, 0.4) is 0 Å². The molecule has 6 unspecified atom stereocenters. The van der Waals surface area contributed by atoms with E-state index in [1.54, 1.807) is 36.4 Å². The molecule has 2 aliphatic carbocycles. The summed E-state index contributed by atoms with van der Waals surface area (Å²) in [5, 5.41) is 9.69. The second kappa shape index (κ2) is 8.24. The molecule has 0 radical (unpaired) electrons. The van der Waals surface area contributed by atoms with E-state index >= 15 is 0 Å². The average molecular weight is 517 g/mol. The summed E-state index contributed by atoms with van der Waals surface area (Å²) in [4.78, 5) is 58.0. The third-order valence-corrected chi connectivity index (χ3v) is 9.08. The van der Waals surface area contributed by atoms with Gasteiger partial charge in [0.2, 0.25) is 23.6 Å². The van der Waals surface area contributed by atoms with Crippen molar-refractivity contribution in [2.24, 2.45) is 29.1 Å². The van der Waals surface area contributed by atoms with E-state index in [9.17, 15) is 24.3 Å². The van der Waals surface area contributed by atoms with Crippen molar-refractivity contribution in [3.8, 4) is 0 Å². The van der Waals surface area contributed by atoms with Crippen LogP contribution in [-0.4, -0.2) is 39.2 Å². The minimum Gasteiger partial charge on any atom is -0.463 e. The van der Waals surface area contributed by atoms with Gasteiger partial charge >= 0.3 is 0 Å². The zero-order chi connectivity index (χ0) is 27.1. The zero-order valence-electron chi connectivity index (χ0n) is 22.0. The Morgan fingerprint density at radius 1 is 0.974 bits per heavy atom. The number of fused-ring (bicyclic) bond motifs is 4. The molecule has 2 aromatic rings. The van der Waals surface area contributed by atoms with E-state index in [1.807, 2.05) is 39.8 Å². The Balaban J connectivity index is 1.51. The Bertz CT molecular complexity index is 1380. The number of para-hydroxylation sites is 1. The summed E-state index contributed by atoms with van der Waals surface area (Å²) >= 11 is 0. The van der Waals surface area contributed by atoms with Crippen LogP contribution in [-0.2, 0) is 25.8 Å². The van der Waals surface area contributed by atoms with E-state index in [0.717, 1.165) is 5.57 Å². The predicted octanol–water partition coefficient (Wildman–Crippen LogP) is 3.80. The lowest BCUT2D eigenvalue weighted by molar-refractivity contribution is -0.145. The quantitative estimate of drug-likeness (QED) is 0.491. The van der Waals surface area contributed by atoms with Gasteiger partial charge in [0.25, 0.3) is 0 Å². The molecule has 0 spiro atoms. The summed E-state index contributed by atoms with van der Waals surface area (Å²) in [7, 11) is 0. The Morgan fingerprint density at radius 3 is 2.32 bits per heavy atom. The standard InChI is InChI=1S/C30H32N2O6/c1-29(2,3)32-25(34)19-12-11-18-20(23(19)27(32)36)14-21-26(35)31(16-8-6-5-7-9-16)28(37)30(21,4)24(18)22-13-10-17(15-33)38-22/h5-11,13,19-21,23-24,33H,12,14-15H2,1-4H3. The third-order valence-electron chi connectivity index (χ3n) is 9.08. The summed E-state index contributed by atoms with van der Waals surface area (Å²) in [6.45, 7) is 7.08. The molecule has 1 saturated carbocycles. The molecule has 38 heavy (non-hydrogen) atoms. The number of anilines is 1. The first kappa shape index (κ1) is 24.8. The van der Waals surface area contributed by atoms with Crippen LogP contribution >= 0.6 is 0 Å². The highest BCUT2D eigenvalue weighted by Crippen LogP contribution is 2.63. The number of allylic oxidation sites excluding steroid dienone is 2. The highest BCUT2D eigenvalue weighted by molar-refractivity contribution is 6.24. The summed E-state index contributed by atoms with van der Waals surface area (Å²) in [6.07, 6.45) is 2.70. The number of likely N-dealkylation sites (tertiary alicyclic amines) is 1. The molecule has 6 rings (SSSR count). The van der Waals surface area contributed by atoms with Crippen molar-refractivity contribution in [3.05, 3.63) is 65.6 Å². The van der Waals surface area contributed by atoms with E-state index in [-0.39, 0.29) is 36.2 Å². The average Bonchev–Trinajstić information content (AvgIpc) is 3.50. The van der Waals surface area contributed by atoms with Gasteiger partial charge < -0.3 is 9.52 Å². The molecule has 1 aromatic heterocycles. The Morgan fingerprint density at radius 2 is 1.68 bits per heavy atom. The maximum atomic E-state index is 14.2. The molecular formula is C30H32N2O6. The molecule has 1 N–H and O–H groups in total. The lowest BCUT2D eigenvalue weighted by Gasteiger charge is -2.48. The van der Waals surface area contributed by atoms with Gasteiger partial charge in [0, 0.05) is 5.54 Å². The normalized spacial score (nSPS) is 32.9. The van der Waals surface area contributed by atoms with Crippen molar-refractivity contribution in [3.63, 3.8) is 0 Å². The van der Waals surface area contributed by atoms with Gasteiger partial charge in [0.1, 0.15) is 18.1 Å². The lowest BCUT2D eigenvalue weighted by Crippen LogP contribution is -2.49. The number of aliphatic hydroxyl groups is 1. The van der Waals surface area contributed by atoms with E-state index in [2.05, 4.69) is 0 Å². The number of amides is 4. The molecule has 8 nitrogen and oxygen atoms in total. The molecule has 8 heteroatoms. The monoisotopic (exact) mass is 516 g/mol. The molecule has 4 amide bonds. The topological polar surface area (TPSA) is 108 Å². The van der Waals surface area contributed by atoms with Gasteiger partial charge in [-0.2, -0.15) is 0 Å². The summed E-state index contributed by atoms with van der Waals surface area (Å²) in [5.41, 5.74) is -0.429. The third kappa shape index (κ3) is 3.19. The van der Waals surface area contributed by atoms with Crippen LogP contribution in [0.1, 0.15) is 58.0 Å². The SMILES string of the molecule is CC12C(=O)N(c3ccccc3)C(=O)C1CC1C(=CCC3C(=O)N(C(C)(C)C)C(=O)C31)C2c1ccc(CO)o1. The second-order valence-electron chi connectivity index (χ2n) is 12.1. The summed E-state index contributed by atoms with van der Waals surface area (Å²) in [6, 6.07) is 12.3. The Labute approximate surface area is 221 Å². The fourth-order valence-corrected chi connectivity index (χ4v) is 7.44. The first-order valence-corrected chi connectivity index (χ1v) is 13.2. The molecular weight excluding hydrogens is 484 g/mol. The lowest BCUT2D eigenvalue weighted by atomic mass is 9.52. The van der Waals surface area contributed by atoms with Gasteiger partial charge in [-0.3, -0.25) is 24.1 Å². The number of rotatable bonds is 3. The highest BCUT2D eigenvalue weighted by atomic mass is 16.4. The maximum Gasteiger partial charge on any atom is 0.241 e. The minimum atomic E-state index is -1.15. The first-order chi connectivity index (χ1) is 18.0. The molecule has 3 fully saturated rings. The number of furan rings is 1. The second-order valence-corrected chi connectivity index (χ2v) is 12.1. The minimum absolute atomic E-state index is 0.173. The molecule has 198 valence electrons. The number of imide groups is 2. The van der Waals surface area contributed by atoms with Crippen molar-refractivity contribution in [1.29, 1.82) is 0 Å². The van der Waals surface area contributed by atoms with Crippen molar-refractivity contribution >= 4 is 29.3 Å². The van der Waals surface area contributed by atoms with Gasteiger partial charge in [0.15, 0.2) is 0 Å². The van der Waals surface area contributed by atoms with Gasteiger partial charge in [-0.1, -0.05) is 29.8 Å². The van der Waals surface area contributed by atoms with Gasteiger partial charge in [0.05, 0.1) is 34.8 Å². The number of aliphatic hydroxyl groups excluding tert-OH is 1. The Hall–Kier alpha value is -3.52. The van der Waals surface area contributed by atoms with E-state index < -0.39 is 34.6 Å². The van der Waals surface area contributed by atoms with Crippen molar-refractivity contribution in [2.45, 2.75) is 58.6 Å². The maximum absolute atomic E-state index is 14.2. The number of hydrogen-bond donors (Lipinski definition) is 1. The van der Waals surface area contributed by atoms with E-state index in [4.69, 9.17) is 4.42 Å². The van der Waals surface area contributed by atoms with Crippen LogP contribution in [0.15, 0.2) is 58.5 Å². The molecule has 6 atom stereocenters. The molecule has 4 aliphatic rings. The predicted molar refractivity (Wildman–Crippen MR) is 137 cm³/mol. The molecule has 0 bridgehead atoms. The van der Waals surface area contributed by atoms with Crippen molar-refractivity contribution in [2.75, 3.05) is 4.90 Å². The van der Waals surface area contributed by atoms with Crippen LogP contribution in [0.4, 0.5) is 5.69 Å². The fourth-order valence-electron chi connectivity index (χ4n) is 7.44. The van der Waals surface area contributed by atoms with Crippen molar-refractivity contribution < 1.29 is 28.7 Å². The molecule has 1 aromatic carbocycles. The highest BCUT2D eigenvalue weighted by Gasteiger charge is 2.68. The van der Waals surface area contributed by atoms with Crippen LogP contribution in [0.5, 0.6) is 0 Å². The van der Waals surface area contributed by atoms with Gasteiger partial charge in [-0.05, 0) is 70.7 Å². The summed E-state index contributed by atoms with van der Waals surface area (Å²) < 4.78 is 6.02. The summed E-state index contributed by atoms with van der Waals surface area (Å²) in [5.74, 6) is -2.90. The number of carbonyl (C=O) groups excluding carboxylic acids is 4. The van der Waals surface area contributed by atoms with E-state index in [1.165, 1.54) is 9.80 Å². The van der Waals surface area contributed by atoms with Crippen LogP contribution < -0.4 is 4.90 Å². The van der Waals surface area contributed by atoms with Gasteiger partial charge in [-0.25, -0.2) is 4.90 Å². The smallest absolute Gasteiger partial charge is 0.241 e. The number of carbonyl (C=O) groups is 4. The molecule has 3 heterocycles. The molecule has 2 aliphatic heterocycles. The Kier molecular flexibility index (Phi) is 5.38.